The van der Waals surface area contributed by atoms with Gasteiger partial charge in [-0.05, 0) is 33.3 Å². The number of hydrogen-bond acceptors (Lipinski definition) is 4. The van der Waals surface area contributed by atoms with Crippen molar-refractivity contribution in [3.05, 3.63) is 23.2 Å². The Hall–Kier alpha value is -0.860. The van der Waals surface area contributed by atoms with Gasteiger partial charge in [0, 0.05) is 12.0 Å². The largest absolute Gasteiger partial charge is 0.512 e. The molecular weight excluding hydrogens is 251 g/mol. The summed E-state index contributed by atoms with van der Waals surface area (Å²) in [6.45, 7) is 8.36. The van der Waals surface area contributed by atoms with Crippen LogP contribution in [0.5, 0.6) is 0 Å². The maximum Gasteiger partial charge on any atom is 0.225 e. The molecule has 0 aromatic heterocycles. The van der Waals surface area contributed by atoms with Gasteiger partial charge in [-0.1, -0.05) is 13.8 Å². The molecule has 0 aliphatic rings. The first kappa shape index (κ1) is 17.1. The van der Waals surface area contributed by atoms with Crippen molar-refractivity contribution in [1.82, 2.24) is 0 Å². The number of aliphatic hydroxyl groups excluding tert-OH is 1. The number of carbonyl (C=O) groups excluding carboxylic acids is 1. The second-order valence-electron chi connectivity index (χ2n) is 4.24. The van der Waals surface area contributed by atoms with E-state index in [0.29, 0.717) is 6.16 Å². The van der Waals surface area contributed by atoms with Crippen LogP contribution in [-0.2, 0) is 13.9 Å². The van der Waals surface area contributed by atoms with Gasteiger partial charge in [-0.3, -0.25) is 9.36 Å². The molecular formula is C13H23O4P. The number of Topliss-reactive ketones (excluding diaryl/α,β-unsaturated/α-hetero) is 1. The zero-order valence-electron chi connectivity index (χ0n) is 11.8. The van der Waals surface area contributed by atoms with Gasteiger partial charge >= 0.3 is 0 Å². The van der Waals surface area contributed by atoms with Crippen LogP contribution in [0.15, 0.2) is 23.2 Å². The van der Waals surface area contributed by atoms with Crippen molar-refractivity contribution < 1.29 is 19.0 Å². The molecule has 0 aromatic rings. The van der Waals surface area contributed by atoms with Crippen LogP contribution < -0.4 is 0 Å². The second kappa shape index (κ2) is 7.55. The highest BCUT2D eigenvalue weighted by molar-refractivity contribution is 7.62. The van der Waals surface area contributed by atoms with E-state index >= 15 is 0 Å². The smallest absolute Gasteiger partial charge is 0.225 e. The SMILES string of the molecule is CCC(C)OP(=O)(/C=C/C(C(C)=O)=C(\C)O)CC. The van der Waals surface area contributed by atoms with Crippen molar-refractivity contribution in [3.63, 3.8) is 0 Å². The molecule has 0 fully saturated rings. The summed E-state index contributed by atoms with van der Waals surface area (Å²) in [6, 6.07) is 0. The van der Waals surface area contributed by atoms with Gasteiger partial charge in [0.05, 0.1) is 17.4 Å². The standard InChI is InChI=1S/C13H23O4P/c1-6-10(3)17-18(16,7-2)9-8-13(11(4)14)12(5)15/h8-10,14H,6-7H2,1-5H3/b9-8+,13-11-. The van der Waals surface area contributed by atoms with Gasteiger partial charge in [-0.2, -0.15) is 0 Å². The van der Waals surface area contributed by atoms with Crippen molar-refractivity contribution in [3.8, 4) is 0 Å². The molecule has 0 bridgehead atoms. The third kappa shape index (κ3) is 5.65. The molecule has 0 saturated carbocycles. The Morgan fingerprint density at radius 1 is 1.39 bits per heavy atom. The van der Waals surface area contributed by atoms with Crippen LogP contribution in [0.4, 0.5) is 0 Å². The minimum absolute atomic E-state index is 0.0788. The summed E-state index contributed by atoms with van der Waals surface area (Å²) in [7, 11) is -2.88. The van der Waals surface area contributed by atoms with Crippen LogP contribution in [0.2, 0.25) is 0 Å². The first-order valence-electron chi connectivity index (χ1n) is 6.12. The van der Waals surface area contributed by atoms with E-state index in [4.69, 9.17) is 4.52 Å². The van der Waals surface area contributed by atoms with E-state index in [2.05, 4.69) is 0 Å². The van der Waals surface area contributed by atoms with E-state index in [1.807, 2.05) is 13.8 Å². The molecule has 5 heteroatoms. The molecule has 1 N–H and O–H groups in total. The first-order chi connectivity index (χ1) is 8.25. The van der Waals surface area contributed by atoms with Crippen LogP contribution in [0.25, 0.3) is 0 Å². The van der Waals surface area contributed by atoms with Gasteiger partial charge in [-0.25, -0.2) is 0 Å². The molecule has 0 rings (SSSR count). The minimum Gasteiger partial charge on any atom is -0.512 e. The Bertz CT molecular complexity index is 392. The molecule has 0 aliphatic heterocycles. The van der Waals surface area contributed by atoms with E-state index in [0.717, 1.165) is 6.42 Å². The van der Waals surface area contributed by atoms with Crippen molar-refractivity contribution in [2.75, 3.05) is 6.16 Å². The fraction of sp³-hybridized carbons (Fsp3) is 0.615. The van der Waals surface area contributed by atoms with Crippen LogP contribution >= 0.6 is 7.37 Å². The molecule has 2 atom stereocenters. The number of ketones is 1. The summed E-state index contributed by atoms with van der Waals surface area (Å²) in [5.41, 5.74) is 0.163. The third-order valence-corrected chi connectivity index (χ3v) is 4.81. The number of rotatable bonds is 7. The molecule has 0 aromatic carbocycles. The van der Waals surface area contributed by atoms with Crippen LogP contribution in [0.3, 0.4) is 0 Å². The lowest BCUT2D eigenvalue weighted by molar-refractivity contribution is -0.113. The van der Waals surface area contributed by atoms with Gasteiger partial charge in [0.15, 0.2) is 5.78 Å². The van der Waals surface area contributed by atoms with Crippen molar-refractivity contribution in [2.45, 2.75) is 47.1 Å². The van der Waals surface area contributed by atoms with E-state index in [9.17, 15) is 14.5 Å². The summed E-state index contributed by atoms with van der Waals surface area (Å²) >= 11 is 0. The summed E-state index contributed by atoms with van der Waals surface area (Å²) < 4.78 is 17.9. The Morgan fingerprint density at radius 3 is 2.28 bits per heavy atom. The summed E-state index contributed by atoms with van der Waals surface area (Å²) in [6.07, 6.45) is 2.43. The lowest BCUT2D eigenvalue weighted by Gasteiger charge is -2.17. The Morgan fingerprint density at radius 2 is 1.94 bits per heavy atom. The van der Waals surface area contributed by atoms with Gasteiger partial charge in [-0.15, -0.1) is 0 Å². The molecule has 0 amide bonds. The summed E-state index contributed by atoms with van der Waals surface area (Å²) in [5.74, 6) is 1.07. The van der Waals surface area contributed by atoms with E-state index in [1.54, 1.807) is 6.92 Å². The number of allylic oxidation sites excluding steroid dienone is 3. The molecule has 0 heterocycles. The van der Waals surface area contributed by atoms with Gasteiger partial charge in [0.2, 0.25) is 7.37 Å². The average Bonchev–Trinajstić information content (AvgIpc) is 2.28. The van der Waals surface area contributed by atoms with Crippen molar-refractivity contribution in [1.29, 1.82) is 0 Å². The normalized spacial score (nSPS) is 18.3. The zero-order chi connectivity index (χ0) is 14.3. The molecule has 0 saturated heterocycles. The third-order valence-electron chi connectivity index (χ3n) is 2.61. The van der Waals surface area contributed by atoms with Crippen molar-refractivity contribution in [2.24, 2.45) is 0 Å². The van der Waals surface area contributed by atoms with E-state index in [1.165, 1.54) is 25.7 Å². The predicted molar refractivity (Wildman–Crippen MR) is 74.1 cm³/mol. The highest BCUT2D eigenvalue weighted by Crippen LogP contribution is 2.49. The fourth-order valence-corrected chi connectivity index (χ4v) is 2.84. The maximum absolute atomic E-state index is 12.4. The van der Waals surface area contributed by atoms with Crippen molar-refractivity contribution >= 4 is 13.2 Å². The Labute approximate surface area is 109 Å². The average molecular weight is 274 g/mol. The number of carbonyl (C=O) groups is 1. The summed E-state index contributed by atoms with van der Waals surface area (Å²) in [5, 5.41) is 9.36. The molecule has 0 spiro atoms. The molecule has 104 valence electrons. The van der Waals surface area contributed by atoms with Gasteiger partial charge in [0.25, 0.3) is 0 Å². The Kier molecular flexibility index (Phi) is 7.19. The molecule has 18 heavy (non-hydrogen) atoms. The van der Waals surface area contributed by atoms with Crippen LogP contribution in [0, 0.1) is 0 Å². The lowest BCUT2D eigenvalue weighted by Crippen LogP contribution is -2.05. The quantitative estimate of drug-likeness (QED) is 0.329. The molecule has 4 nitrogen and oxygen atoms in total. The van der Waals surface area contributed by atoms with E-state index in [-0.39, 0.29) is 23.2 Å². The topological polar surface area (TPSA) is 63.6 Å². The lowest BCUT2D eigenvalue weighted by atomic mass is 10.1. The second-order valence-corrected chi connectivity index (χ2v) is 6.83. The maximum atomic E-state index is 12.4. The zero-order valence-corrected chi connectivity index (χ0v) is 12.7. The minimum atomic E-state index is -2.88. The molecule has 0 radical (unpaired) electrons. The summed E-state index contributed by atoms with van der Waals surface area (Å²) in [4.78, 5) is 11.3. The van der Waals surface area contributed by atoms with Gasteiger partial charge in [0.1, 0.15) is 0 Å². The highest BCUT2D eigenvalue weighted by atomic mass is 31.2. The molecule has 2 unspecified atom stereocenters. The number of hydrogen-bond donors (Lipinski definition) is 1. The first-order valence-corrected chi connectivity index (χ1v) is 8.00. The predicted octanol–water partition coefficient (Wildman–Crippen LogP) is 4.03. The van der Waals surface area contributed by atoms with Crippen LogP contribution in [0.1, 0.15) is 41.0 Å². The van der Waals surface area contributed by atoms with Crippen LogP contribution in [-0.4, -0.2) is 23.2 Å². The fourth-order valence-electron chi connectivity index (χ4n) is 1.28. The highest BCUT2D eigenvalue weighted by Gasteiger charge is 2.20. The van der Waals surface area contributed by atoms with E-state index < -0.39 is 7.37 Å². The number of aliphatic hydroxyl groups is 1. The van der Waals surface area contributed by atoms with Gasteiger partial charge < -0.3 is 9.63 Å². The Balaban J connectivity index is 5.08. The molecule has 0 aliphatic carbocycles. The monoisotopic (exact) mass is 274 g/mol.